The standard InChI is InChI=1S/C21H22N2O3/c24-21(22-18-9-8-16-4-1-5-17(16)12-18)15-23(13-19-6-2-10-25-19)14-20-7-3-11-26-20/h2-3,6-12H,1,4-5,13-15H2,(H,22,24)/p+1. The molecule has 2 heterocycles. The number of furan rings is 2. The van der Waals surface area contributed by atoms with Crippen LogP contribution in [-0.2, 0) is 30.7 Å². The molecule has 1 aliphatic carbocycles. The van der Waals surface area contributed by atoms with Crippen molar-refractivity contribution in [1.29, 1.82) is 0 Å². The average molecular weight is 351 g/mol. The van der Waals surface area contributed by atoms with E-state index in [-0.39, 0.29) is 5.91 Å². The van der Waals surface area contributed by atoms with Crippen molar-refractivity contribution in [3.05, 3.63) is 77.6 Å². The second kappa shape index (κ2) is 7.62. The molecule has 0 radical (unpaired) electrons. The van der Waals surface area contributed by atoms with Gasteiger partial charge >= 0.3 is 0 Å². The summed E-state index contributed by atoms with van der Waals surface area (Å²) in [5.74, 6) is 1.71. The number of nitrogens with one attached hydrogen (secondary N) is 2. The molecule has 2 N–H and O–H groups in total. The van der Waals surface area contributed by atoms with Gasteiger partial charge in [-0.1, -0.05) is 6.07 Å². The number of quaternary nitrogens is 1. The van der Waals surface area contributed by atoms with E-state index in [1.807, 2.05) is 30.3 Å². The SMILES string of the molecule is O=C(C[NH+](Cc1ccco1)Cc1ccco1)Nc1ccc2c(c1)CCC2. The van der Waals surface area contributed by atoms with E-state index in [1.165, 1.54) is 17.5 Å². The van der Waals surface area contributed by atoms with Crippen LogP contribution in [0.4, 0.5) is 5.69 Å². The van der Waals surface area contributed by atoms with Crippen LogP contribution in [0, 0.1) is 0 Å². The van der Waals surface area contributed by atoms with Crippen LogP contribution >= 0.6 is 0 Å². The Balaban J connectivity index is 1.41. The van der Waals surface area contributed by atoms with Crippen molar-refractivity contribution >= 4 is 11.6 Å². The Bertz CT molecular complexity index is 817. The normalized spacial score (nSPS) is 13.1. The third kappa shape index (κ3) is 4.06. The predicted octanol–water partition coefficient (Wildman–Crippen LogP) is 2.59. The van der Waals surface area contributed by atoms with Crippen LogP contribution in [0.2, 0.25) is 0 Å². The summed E-state index contributed by atoms with van der Waals surface area (Å²) < 4.78 is 10.9. The van der Waals surface area contributed by atoms with E-state index in [9.17, 15) is 4.79 Å². The Morgan fingerprint density at radius 2 is 1.65 bits per heavy atom. The Morgan fingerprint density at radius 1 is 0.962 bits per heavy atom. The van der Waals surface area contributed by atoms with E-state index >= 15 is 0 Å². The zero-order valence-corrected chi connectivity index (χ0v) is 14.7. The Kier molecular flexibility index (Phi) is 4.88. The molecule has 1 aromatic carbocycles. The summed E-state index contributed by atoms with van der Waals surface area (Å²) >= 11 is 0. The van der Waals surface area contributed by atoms with Crippen LogP contribution < -0.4 is 10.2 Å². The number of carbonyl (C=O) groups excluding carboxylic acids is 1. The molecular weight excluding hydrogens is 328 g/mol. The lowest BCUT2D eigenvalue weighted by Crippen LogP contribution is -3.10. The van der Waals surface area contributed by atoms with Gasteiger partial charge in [-0.3, -0.25) is 4.79 Å². The van der Waals surface area contributed by atoms with Gasteiger partial charge in [-0.2, -0.15) is 0 Å². The Labute approximate surface area is 152 Å². The first kappa shape index (κ1) is 16.7. The Morgan fingerprint density at radius 3 is 2.31 bits per heavy atom. The van der Waals surface area contributed by atoms with Crippen LogP contribution in [0.3, 0.4) is 0 Å². The maximum Gasteiger partial charge on any atom is 0.279 e. The summed E-state index contributed by atoms with van der Waals surface area (Å²) in [4.78, 5) is 13.7. The zero-order chi connectivity index (χ0) is 17.8. The minimum atomic E-state index is -0.00365. The highest BCUT2D eigenvalue weighted by atomic mass is 16.3. The van der Waals surface area contributed by atoms with Gasteiger partial charge in [-0.15, -0.1) is 0 Å². The number of carbonyl (C=O) groups is 1. The summed E-state index contributed by atoms with van der Waals surface area (Å²) in [5.41, 5.74) is 3.65. The van der Waals surface area contributed by atoms with Crippen LogP contribution in [0.1, 0.15) is 29.1 Å². The number of anilines is 1. The second-order valence-corrected chi connectivity index (χ2v) is 6.82. The van der Waals surface area contributed by atoms with Crippen molar-refractivity contribution in [2.24, 2.45) is 0 Å². The molecule has 0 aliphatic heterocycles. The van der Waals surface area contributed by atoms with Crippen LogP contribution in [0.25, 0.3) is 0 Å². The van der Waals surface area contributed by atoms with Crippen LogP contribution in [-0.4, -0.2) is 12.5 Å². The van der Waals surface area contributed by atoms with Gasteiger partial charge < -0.3 is 19.1 Å². The highest BCUT2D eigenvalue weighted by molar-refractivity contribution is 5.91. The molecule has 5 nitrogen and oxygen atoms in total. The first-order valence-electron chi connectivity index (χ1n) is 9.06. The molecule has 4 rings (SSSR count). The molecule has 0 atom stereocenters. The van der Waals surface area contributed by atoms with Gasteiger partial charge in [-0.05, 0) is 66.8 Å². The lowest BCUT2D eigenvalue weighted by Gasteiger charge is -2.17. The number of rotatable bonds is 7. The van der Waals surface area contributed by atoms with Crippen molar-refractivity contribution < 1.29 is 18.5 Å². The summed E-state index contributed by atoms with van der Waals surface area (Å²) in [6.45, 7) is 1.61. The molecule has 134 valence electrons. The van der Waals surface area contributed by atoms with Crippen molar-refractivity contribution in [1.82, 2.24) is 0 Å². The van der Waals surface area contributed by atoms with Gasteiger partial charge in [-0.25, -0.2) is 0 Å². The quantitative estimate of drug-likeness (QED) is 0.688. The smallest absolute Gasteiger partial charge is 0.279 e. The predicted molar refractivity (Wildman–Crippen MR) is 97.8 cm³/mol. The fourth-order valence-electron chi connectivity index (χ4n) is 3.59. The van der Waals surface area contributed by atoms with E-state index in [1.54, 1.807) is 12.5 Å². The second-order valence-electron chi connectivity index (χ2n) is 6.82. The van der Waals surface area contributed by atoms with E-state index < -0.39 is 0 Å². The molecule has 0 bridgehead atoms. The van der Waals surface area contributed by atoms with Crippen molar-refractivity contribution in [2.75, 3.05) is 11.9 Å². The molecule has 1 amide bonds. The van der Waals surface area contributed by atoms with Crippen molar-refractivity contribution in [3.63, 3.8) is 0 Å². The molecule has 5 heteroatoms. The Hall–Kier alpha value is -2.79. The highest BCUT2D eigenvalue weighted by Gasteiger charge is 2.19. The number of aryl methyl sites for hydroxylation is 2. The van der Waals surface area contributed by atoms with Gasteiger partial charge in [0, 0.05) is 5.69 Å². The molecule has 0 unspecified atom stereocenters. The largest absolute Gasteiger partial charge is 0.463 e. The zero-order valence-electron chi connectivity index (χ0n) is 14.7. The summed E-state index contributed by atoms with van der Waals surface area (Å²) in [6, 6.07) is 13.8. The minimum Gasteiger partial charge on any atom is -0.463 e. The van der Waals surface area contributed by atoms with Crippen molar-refractivity contribution in [3.8, 4) is 0 Å². The molecule has 26 heavy (non-hydrogen) atoms. The number of fused-ring (bicyclic) bond motifs is 1. The van der Waals surface area contributed by atoms with Crippen LogP contribution in [0.15, 0.2) is 63.8 Å². The maximum absolute atomic E-state index is 12.6. The molecule has 0 spiro atoms. The molecule has 0 saturated carbocycles. The molecule has 2 aromatic heterocycles. The maximum atomic E-state index is 12.6. The van der Waals surface area contributed by atoms with Gasteiger partial charge in [0.15, 0.2) is 18.1 Å². The van der Waals surface area contributed by atoms with Crippen LogP contribution in [0.5, 0.6) is 0 Å². The monoisotopic (exact) mass is 351 g/mol. The number of amides is 1. The molecular formula is C21H23N2O3+. The van der Waals surface area contributed by atoms with Crippen molar-refractivity contribution in [2.45, 2.75) is 32.4 Å². The number of hydrogen-bond donors (Lipinski definition) is 2. The van der Waals surface area contributed by atoms with Gasteiger partial charge in [0.2, 0.25) is 0 Å². The minimum absolute atomic E-state index is 0.00365. The van der Waals surface area contributed by atoms with Gasteiger partial charge in [0.1, 0.15) is 13.1 Å². The van der Waals surface area contributed by atoms with E-state index in [0.29, 0.717) is 19.6 Å². The third-order valence-corrected chi connectivity index (χ3v) is 4.80. The molecule has 0 fully saturated rings. The summed E-state index contributed by atoms with van der Waals surface area (Å²) in [6.07, 6.45) is 6.77. The summed E-state index contributed by atoms with van der Waals surface area (Å²) in [5, 5.41) is 3.04. The summed E-state index contributed by atoms with van der Waals surface area (Å²) in [7, 11) is 0. The molecule has 3 aromatic rings. The fraction of sp³-hybridized carbons (Fsp3) is 0.286. The first-order chi connectivity index (χ1) is 12.8. The number of hydrogen-bond acceptors (Lipinski definition) is 3. The fourth-order valence-corrected chi connectivity index (χ4v) is 3.59. The van der Waals surface area contributed by atoms with E-state index in [0.717, 1.165) is 34.9 Å². The highest BCUT2D eigenvalue weighted by Crippen LogP contribution is 2.24. The molecule has 0 saturated heterocycles. The molecule has 1 aliphatic rings. The number of benzene rings is 1. The van der Waals surface area contributed by atoms with Gasteiger partial charge in [0.25, 0.3) is 5.91 Å². The third-order valence-electron chi connectivity index (χ3n) is 4.80. The van der Waals surface area contributed by atoms with E-state index in [4.69, 9.17) is 8.83 Å². The first-order valence-corrected chi connectivity index (χ1v) is 9.06. The lowest BCUT2D eigenvalue weighted by molar-refractivity contribution is -0.921. The average Bonchev–Trinajstić information content (AvgIpc) is 3.36. The lowest BCUT2D eigenvalue weighted by atomic mass is 10.1. The topological polar surface area (TPSA) is 59.8 Å². The van der Waals surface area contributed by atoms with Gasteiger partial charge in [0.05, 0.1) is 12.5 Å². The van der Waals surface area contributed by atoms with E-state index in [2.05, 4.69) is 17.4 Å².